The lowest BCUT2D eigenvalue weighted by molar-refractivity contribution is 0.590. The molecule has 0 aliphatic heterocycles. The molecule has 0 N–H and O–H groups in total. The minimum atomic E-state index is 0.0866. The molecule has 320 valence electrons. The molecular weight excluding hydrogens is 797 g/mol. The number of anilines is 6. The molecule has 0 saturated heterocycles. The highest BCUT2D eigenvalue weighted by molar-refractivity contribution is 6.36. The van der Waals surface area contributed by atoms with Gasteiger partial charge >= 0.3 is 0 Å². The molecule has 0 saturated carbocycles. The fraction of sp³-hybridized carbons (Fsp3) is 0.125. The Labute approximate surface area is 389 Å². The maximum absolute atomic E-state index is 2.37. The third-order valence-electron chi connectivity index (χ3n) is 13.5. The van der Waals surface area contributed by atoms with Crippen LogP contribution in [-0.4, -0.2) is 0 Å². The van der Waals surface area contributed by atoms with Crippen molar-refractivity contribution in [3.05, 3.63) is 230 Å². The van der Waals surface area contributed by atoms with Gasteiger partial charge in [0.15, 0.2) is 0 Å². The molecule has 0 bridgehead atoms. The highest BCUT2D eigenvalue weighted by atomic mass is 15.1. The van der Waals surface area contributed by atoms with Gasteiger partial charge in [-0.1, -0.05) is 187 Å². The first-order chi connectivity index (χ1) is 32.0. The summed E-state index contributed by atoms with van der Waals surface area (Å²) in [6.45, 7) is 13.6. The van der Waals surface area contributed by atoms with Gasteiger partial charge in [-0.3, -0.25) is 0 Å². The second-order valence-electron chi connectivity index (χ2n) is 19.8. The van der Waals surface area contributed by atoms with E-state index < -0.39 is 0 Å². The Kier molecular flexibility index (Phi) is 10.0. The van der Waals surface area contributed by atoms with Crippen molar-refractivity contribution in [2.45, 2.75) is 52.4 Å². The van der Waals surface area contributed by atoms with Crippen LogP contribution in [0, 0.1) is 0 Å². The van der Waals surface area contributed by atoms with Crippen LogP contribution >= 0.6 is 0 Å². The second-order valence-corrected chi connectivity index (χ2v) is 19.8. The topological polar surface area (TPSA) is 6.48 Å². The summed E-state index contributed by atoms with van der Waals surface area (Å²) in [5, 5.41) is 10.3. The van der Waals surface area contributed by atoms with Crippen LogP contribution in [0.5, 0.6) is 0 Å². The van der Waals surface area contributed by atoms with Gasteiger partial charge in [-0.2, -0.15) is 0 Å². The van der Waals surface area contributed by atoms with E-state index >= 15 is 0 Å². The summed E-state index contributed by atoms with van der Waals surface area (Å²) >= 11 is 0. The van der Waals surface area contributed by atoms with Crippen LogP contribution in [0.1, 0.15) is 52.7 Å². The monoisotopic (exact) mass is 850 g/mol. The van der Waals surface area contributed by atoms with Crippen molar-refractivity contribution in [1.29, 1.82) is 0 Å². The molecule has 11 aromatic rings. The summed E-state index contributed by atoms with van der Waals surface area (Å²) in [6.07, 6.45) is 0. The maximum atomic E-state index is 2.37. The number of rotatable bonds is 8. The van der Waals surface area contributed by atoms with Crippen molar-refractivity contribution in [3.63, 3.8) is 0 Å². The minimum absolute atomic E-state index is 0.0866. The van der Waals surface area contributed by atoms with Crippen molar-refractivity contribution >= 4 is 77.2 Å². The van der Waals surface area contributed by atoms with Gasteiger partial charge in [0, 0.05) is 34.1 Å². The van der Waals surface area contributed by atoms with Crippen molar-refractivity contribution in [3.8, 4) is 22.3 Å². The van der Waals surface area contributed by atoms with Gasteiger partial charge in [0.25, 0.3) is 0 Å². The van der Waals surface area contributed by atoms with E-state index in [1.165, 1.54) is 76.5 Å². The molecule has 2 nitrogen and oxygen atoms in total. The number of hydrogen-bond acceptors (Lipinski definition) is 2. The smallest absolute Gasteiger partial charge is 0.0462 e. The number of para-hydroxylation sites is 2. The molecule has 0 aliphatic carbocycles. The first kappa shape index (κ1) is 41.1. The Hall–Kier alpha value is -7.68. The maximum Gasteiger partial charge on any atom is 0.0462 e. The van der Waals surface area contributed by atoms with Crippen molar-refractivity contribution in [2.24, 2.45) is 0 Å². The van der Waals surface area contributed by atoms with Gasteiger partial charge in [0.05, 0.1) is 0 Å². The van der Waals surface area contributed by atoms with Gasteiger partial charge < -0.3 is 9.80 Å². The van der Waals surface area contributed by atoms with E-state index in [4.69, 9.17) is 0 Å². The van der Waals surface area contributed by atoms with Crippen LogP contribution in [0.15, 0.2) is 218 Å². The van der Waals surface area contributed by atoms with Gasteiger partial charge in [-0.05, 0) is 160 Å². The summed E-state index contributed by atoms with van der Waals surface area (Å²) in [5.74, 6) is 0. The summed E-state index contributed by atoms with van der Waals surface area (Å²) < 4.78 is 0. The van der Waals surface area contributed by atoms with E-state index in [1.54, 1.807) is 0 Å². The summed E-state index contributed by atoms with van der Waals surface area (Å²) in [7, 11) is 0. The standard InChI is InChI=1S/C64H54N2/c1-63(2,3)45-25-33-51(34-26-45)65(47-15-9-7-10-16-47)49-29-21-43(22-30-49)53-37-39-59-55-19-13-14-20-56(55)60-40-38-54(58-42-41-57(53)61(59)62(58)60)44-23-31-50(32-24-44)66(48-17-11-8-12-18-48)52-35-27-46(28-36-52)64(4,5)6/h7-42H,1-6H3. The normalized spacial score (nSPS) is 12.1. The van der Waals surface area contributed by atoms with Crippen molar-refractivity contribution in [1.82, 2.24) is 0 Å². The minimum Gasteiger partial charge on any atom is -0.311 e. The van der Waals surface area contributed by atoms with Gasteiger partial charge in [0.2, 0.25) is 0 Å². The zero-order valence-corrected chi connectivity index (χ0v) is 38.7. The van der Waals surface area contributed by atoms with Gasteiger partial charge in [-0.15, -0.1) is 0 Å². The average Bonchev–Trinajstić information content (AvgIpc) is 3.34. The fourth-order valence-corrected chi connectivity index (χ4v) is 10.0. The number of hydrogen-bond donors (Lipinski definition) is 0. The predicted molar refractivity (Wildman–Crippen MR) is 285 cm³/mol. The average molecular weight is 851 g/mol. The molecule has 0 aliphatic rings. The Balaban J connectivity index is 1.01. The molecule has 11 aromatic carbocycles. The third-order valence-corrected chi connectivity index (χ3v) is 13.5. The molecule has 11 rings (SSSR count). The molecule has 0 aromatic heterocycles. The summed E-state index contributed by atoms with van der Waals surface area (Å²) in [6, 6.07) is 80.7. The van der Waals surface area contributed by atoms with Crippen LogP contribution in [0.25, 0.3) is 65.3 Å². The third kappa shape index (κ3) is 7.24. The SMILES string of the molecule is CC(C)(C)c1ccc(N(c2ccccc2)c2ccc(-c3ccc4c5ccccc5c5ccc(-c6ccc(N(c7ccccc7)c7ccc(C(C)(C)C)cc7)cc6)c6ccc3c4c65)cc2)cc1. The Morgan fingerprint density at radius 2 is 0.530 bits per heavy atom. The van der Waals surface area contributed by atoms with E-state index in [9.17, 15) is 0 Å². The largest absolute Gasteiger partial charge is 0.311 e. The lowest BCUT2D eigenvalue weighted by atomic mass is 9.84. The van der Waals surface area contributed by atoms with E-state index in [-0.39, 0.29) is 10.8 Å². The summed E-state index contributed by atoms with van der Waals surface area (Å²) in [4.78, 5) is 4.70. The van der Waals surface area contributed by atoms with Gasteiger partial charge in [0.1, 0.15) is 0 Å². The first-order valence-corrected chi connectivity index (χ1v) is 23.3. The lowest BCUT2D eigenvalue weighted by Crippen LogP contribution is -2.13. The molecule has 0 heterocycles. The van der Waals surface area contributed by atoms with Crippen molar-refractivity contribution < 1.29 is 0 Å². The molecule has 0 unspecified atom stereocenters. The molecule has 66 heavy (non-hydrogen) atoms. The zero-order valence-electron chi connectivity index (χ0n) is 38.7. The number of benzene rings is 11. The molecular formula is C64H54N2. The molecule has 0 amide bonds. The second kappa shape index (κ2) is 16.1. The van der Waals surface area contributed by atoms with E-state index in [1.807, 2.05) is 0 Å². The van der Waals surface area contributed by atoms with Crippen LogP contribution in [0.3, 0.4) is 0 Å². The molecule has 0 radical (unpaired) electrons. The lowest BCUT2D eigenvalue weighted by Gasteiger charge is -2.27. The Morgan fingerprint density at radius 3 is 0.864 bits per heavy atom. The van der Waals surface area contributed by atoms with Crippen LogP contribution < -0.4 is 9.80 Å². The molecule has 0 fully saturated rings. The highest BCUT2D eigenvalue weighted by Crippen LogP contribution is 2.47. The van der Waals surface area contributed by atoms with Gasteiger partial charge in [-0.25, -0.2) is 0 Å². The van der Waals surface area contributed by atoms with E-state index in [0.717, 1.165) is 34.1 Å². The van der Waals surface area contributed by atoms with Crippen LogP contribution in [0.4, 0.5) is 34.1 Å². The van der Waals surface area contributed by atoms with E-state index in [0.29, 0.717) is 0 Å². The highest BCUT2D eigenvalue weighted by Gasteiger charge is 2.21. The predicted octanol–water partition coefficient (Wildman–Crippen LogP) is 18.6. The van der Waals surface area contributed by atoms with E-state index in [2.05, 4.69) is 270 Å². The zero-order chi connectivity index (χ0) is 45.2. The molecule has 0 atom stereocenters. The molecule has 0 spiro atoms. The van der Waals surface area contributed by atoms with Crippen LogP contribution in [0.2, 0.25) is 0 Å². The number of fused-ring (bicyclic) bond motifs is 3. The van der Waals surface area contributed by atoms with Crippen molar-refractivity contribution in [2.75, 3.05) is 9.80 Å². The summed E-state index contributed by atoms with van der Waals surface area (Å²) in [5.41, 5.74) is 14.5. The Morgan fingerprint density at radius 1 is 0.242 bits per heavy atom. The fourth-order valence-electron chi connectivity index (χ4n) is 10.0. The Bertz CT molecular complexity index is 3250. The quantitative estimate of drug-likeness (QED) is 0.111. The first-order valence-electron chi connectivity index (χ1n) is 23.3. The van der Waals surface area contributed by atoms with Crippen LogP contribution in [-0.2, 0) is 10.8 Å². The number of nitrogens with zero attached hydrogens (tertiary/aromatic N) is 2. The molecule has 2 heteroatoms.